The van der Waals surface area contributed by atoms with E-state index in [2.05, 4.69) is 21.2 Å². The van der Waals surface area contributed by atoms with Crippen LogP contribution in [0.25, 0.3) is 0 Å². The topological polar surface area (TPSA) is 86.8 Å². The molecule has 1 atom stereocenters. The lowest BCUT2D eigenvalue weighted by Gasteiger charge is -2.35. The van der Waals surface area contributed by atoms with E-state index in [0.717, 1.165) is 31.7 Å². The zero-order valence-corrected chi connectivity index (χ0v) is 25.4. The molecule has 3 aromatic carbocycles. The maximum absolute atomic E-state index is 14.1. The van der Waals surface area contributed by atoms with Gasteiger partial charge in [0.1, 0.15) is 12.6 Å². The summed E-state index contributed by atoms with van der Waals surface area (Å²) in [5, 5.41) is 3.03. The molecule has 9 heteroatoms. The largest absolute Gasteiger partial charge is 0.350 e. The summed E-state index contributed by atoms with van der Waals surface area (Å²) in [5.41, 5.74) is 2.57. The first-order chi connectivity index (χ1) is 18.2. The van der Waals surface area contributed by atoms with Gasteiger partial charge in [-0.05, 0) is 68.7 Å². The molecule has 2 amide bonds. The van der Waals surface area contributed by atoms with Crippen molar-refractivity contribution >= 4 is 43.5 Å². The number of sulfonamides is 1. The van der Waals surface area contributed by atoms with Gasteiger partial charge in [-0.25, -0.2) is 8.42 Å². The van der Waals surface area contributed by atoms with Crippen molar-refractivity contribution in [1.29, 1.82) is 0 Å². The maximum Gasteiger partial charge on any atom is 0.244 e. The van der Waals surface area contributed by atoms with Gasteiger partial charge in [-0.15, -0.1) is 0 Å². The van der Waals surface area contributed by atoms with Crippen LogP contribution in [0.15, 0.2) is 83.3 Å². The molecule has 0 saturated heterocycles. The van der Waals surface area contributed by atoms with Crippen LogP contribution in [0, 0.1) is 6.92 Å². The predicted octanol–water partition coefficient (Wildman–Crippen LogP) is 5.08. The van der Waals surface area contributed by atoms with Crippen LogP contribution in [0.2, 0.25) is 0 Å². The molecule has 0 bridgehead atoms. The summed E-state index contributed by atoms with van der Waals surface area (Å²) in [4.78, 5) is 29.3. The molecule has 0 fully saturated rings. The molecule has 1 N–H and O–H groups in total. The second kappa shape index (κ2) is 12.8. The molecule has 0 saturated carbocycles. The van der Waals surface area contributed by atoms with Crippen molar-refractivity contribution in [2.75, 3.05) is 17.1 Å². The molecular formula is C30H36BrN3O4S. The van der Waals surface area contributed by atoms with Crippen molar-refractivity contribution in [3.63, 3.8) is 0 Å². The highest BCUT2D eigenvalue weighted by Gasteiger charge is 2.34. The maximum atomic E-state index is 14.1. The van der Waals surface area contributed by atoms with E-state index in [1.54, 1.807) is 24.3 Å². The van der Waals surface area contributed by atoms with Gasteiger partial charge >= 0.3 is 0 Å². The lowest BCUT2D eigenvalue weighted by molar-refractivity contribution is -0.140. The number of nitrogens with zero attached hydrogens (tertiary/aromatic N) is 2. The van der Waals surface area contributed by atoms with Crippen molar-refractivity contribution in [2.45, 2.75) is 52.2 Å². The number of carbonyl (C=O) groups excluding carboxylic acids is 2. The highest BCUT2D eigenvalue weighted by molar-refractivity contribution is 9.10. The molecule has 0 heterocycles. The lowest BCUT2D eigenvalue weighted by Crippen LogP contribution is -2.56. The Kier molecular flexibility index (Phi) is 9.96. The van der Waals surface area contributed by atoms with Crippen LogP contribution >= 0.6 is 15.9 Å². The van der Waals surface area contributed by atoms with Crippen molar-refractivity contribution in [3.8, 4) is 0 Å². The van der Waals surface area contributed by atoms with E-state index in [9.17, 15) is 18.0 Å². The number of rotatable bonds is 10. The molecule has 0 spiro atoms. The van der Waals surface area contributed by atoms with E-state index in [4.69, 9.17) is 0 Å². The summed E-state index contributed by atoms with van der Waals surface area (Å²) < 4.78 is 27.5. The number of carbonyl (C=O) groups is 2. The third-order valence-electron chi connectivity index (χ3n) is 6.17. The highest BCUT2D eigenvalue weighted by atomic mass is 79.9. The lowest BCUT2D eigenvalue weighted by atomic mass is 10.00. The van der Waals surface area contributed by atoms with Crippen LogP contribution in [0.5, 0.6) is 0 Å². The fraction of sp³-hybridized carbons (Fsp3) is 0.333. The number of hydrogen-bond donors (Lipinski definition) is 1. The van der Waals surface area contributed by atoms with Crippen LogP contribution in [0.1, 0.15) is 37.5 Å². The van der Waals surface area contributed by atoms with E-state index >= 15 is 0 Å². The van der Waals surface area contributed by atoms with Crippen molar-refractivity contribution in [1.82, 2.24) is 10.2 Å². The molecule has 39 heavy (non-hydrogen) atoms. The van der Waals surface area contributed by atoms with Crippen molar-refractivity contribution in [2.24, 2.45) is 0 Å². The number of anilines is 1. The zero-order chi connectivity index (χ0) is 28.8. The van der Waals surface area contributed by atoms with Crippen LogP contribution < -0.4 is 9.62 Å². The van der Waals surface area contributed by atoms with Crippen molar-refractivity contribution < 1.29 is 18.0 Å². The number of halogens is 1. The summed E-state index contributed by atoms with van der Waals surface area (Å²) in [7, 11) is -3.80. The average molecular weight is 615 g/mol. The molecule has 0 aromatic heterocycles. The summed E-state index contributed by atoms with van der Waals surface area (Å²) in [6.45, 7) is 7.31. The van der Waals surface area contributed by atoms with E-state index in [1.165, 1.54) is 4.90 Å². The predicted molar refractivity (Wildman–Crippen MR) is 160 cm³/mol. The van der Waals surface area contributed by atoms with Gasteiger partial charge in [0.05, 0.1) is 11.9 Å². The number of benzene rings is 3. The van der Waals surface area contributed by atoms with Gasteiger partial charge in [0.25, 0.3) is 0 Å². The first-order valence-electron chi connectivity index (χ1n) is 12.7. The minimum atomic E-state index is -3.80. The summed E-state index contributed by atoms with van der Waals surface area (Å²) >= 11 is 3.37. The summed E-state index contributed by atoms with van der Waals surface area (Å²) in [6.07, 6.45) is 1.35. The van der Waals surface area contributed by atoms with E-state index in [-0.39, 0.29) is 18.9 Å². The monoisotopic (exact) mass is 613 g/mol. The minimum absolute atomic E-state index is 0.151. The van der Waals surface area contributed by atoms with Gasteiger partial charge in [-0.1, -0.05) is 70.5 Å². The van der Waals surface area contributed by atoms with Crippen LogP contribution in [-0.2, 0) is 32.6 Å². The van der Waals surface area contributed by atoms with E-state index < -0.39 is 34.1 Å². The first-order valence-corrected chi connectivity index (χ1v) is 15.3. The Bertz CT molecular complexity index is 1390. The second-order valence-corrected chi connectivity index (χ2v) is 13.5. The Morgan fingerprint density at radius 2 is 1.51 bits per heavy atom. The van der Waals surface area contributed by atoms with E-state index in [0.29, 0.717) is 5.69 Å². The van der Waals surface area contributed by atoms with Crippen LogP contribution in [-0.4, -0.2) is 49.5 Å². The third-order valence-corrected chi connectivity index (χ3v) is 7.83. The van der Waals surface area contributed by atoms with Gasteiger partial charge in [0.2, 0.25) is 21.8 Å². The molecule has 0 aliphatic rings. The highest BCUT2D eigenvalue weighted by Crippen LogP contribution is 2.23. The molecule has 208 valence electrons. The Labute approximate surface area is 240 Å². The van der Waals surface area contributed by atoms with Crippen LogP contribution in [0.3, 0.4) is 0 Å². The number of aryl methyl sites for hydroxylation is 1. The summed E-state index contributed by atoms with van der Waals surface area (Å²) in [5.74, 6) is -0.778. The van der Waals surface area contributed by atoms with Gasteiger partial charge in [-0.3, -0.25) is 13.9 Å². The number of amides is 2. The van der Waals surface area contributed by atoms with Gasteiger partial charge in [0.15, 0.2) is 0 Å². The quantitative estimate of drug-likeness (QED) is 0.345. The summed E-state index contributed by atoms with van der Waals surface area (Å²) in [6, 6.07) is 23.0. The minimum Gasteiger partial charge on any atom is -0.350 e. The second-order valence-electron chi connectivity index (χ2n) is 10.6. The van der Waals surface area contributed by atoms with Gasteiger partial charge < -0.3 is 10.2 Å². The molecule has 7 nitrogen and oxygen atoms in total. The molecule has 0 unspecified atom stereocenters. The van der Waals surface area contributed by atoms with E-state index in [1.807, 2.05) is 82.3 Å². The Morgan fingerprint density at radius 1 is 0.923 bits per heavy atom. The molecule has 3 rings (SSSR count). The molecular weight excluding hydrogens is 578 g/mol. The van der Waals surface area contributed by atoms with Crippen LogP contribution in [0.4, 0.5) is 5.69 Å². The fourth-order valence-corrected chi connectivity index (χ4v) is 5.31. The third kappa shape index (κ3) is 8.93. The van der Waals surface area contributed by atoms with Gasteiger partial charge in [-0.2, -0.15) is 0 Å². The first kappa shape index (κ1) is 30.4. The SMILES string of the molecule is Cc1ccccc1CN(C(=O)CN(c1ccc(Br)cc1)S(C)(=O)=O)[C@@H](Cc1ccccc1)C(=O)NC(C)(C)C. The van der Waals surface area contributed by atoms with Gasteiger partial charge in [0, 0.05) is 23.0 Å². The van der Waals surface area contributed by atoms with Crippen molar-refractivity contribution in [3.05, 3.63) is 100 Å². The Hall–Kier alpha value is -3.17. The normalized spacial score (nSPS) is 12.5. The standard InChI is InChI=1S/C30H36BrN3O4S/c1-22-11-9-10-14-24(22)20-33(27(29(36)32-30(2,3)4)19-23-12-7-6-8-13-23)28(35)21-34(39(5,37)38)26-17-15-25(31)16-18-26/h6-18,27H,19-21H2,1-5H3,(H,32,36)/t27-/m0/s1. The smallest absolute Gasteiger partial charge is 0.244 e. The molecule has 0 aliphatic carbocycles. The number of hydrogen-bond acceptors (Lipinski definition) is 4. The zero-order valence-electron chi connectivity index (χ0n) is 23.0. The molecule has 0 radical (unpaired) electrons. The Morgan fingerprint density at radius 3 is 2.08 bits per heavy atom. The molecule has 0 aliphatic heterocycles. The Balaban J connectivity index is 2.08. The fourth-order valence-electron chi connectivity index (χ4n) is 4.20. The molecule has 3 aromatic rings. The number of nitrogens with one attached hydrogen (secondary N) is 1. The average Bonchev–Trinajstić information content (AvgIpc) is 2.85.